The quantitative estimate of drug-likeness (QED) is 0.222. The molecule has 0 fully saturated rings. The lowest BCUT2D eigenvalue weighted by atomic mass is 10.1. The fraction of sp³-hybridized carbons (Fsp3) is 0.138. The van der Waals surface area contributed by atoms with Gasteiger partial charge in [0, 0.05) is 15.8 Å². The largest absolute Gasteiger partial charge is 0.325 e. The maximum Gasteiger partial charge on any atom is 0.264 e. The second-order valence-corrected chi connectivity index (χ2v) is 13.5. The van der Waals surface area contributed by atoms with Gasteiger partial charge in [-0.1, -0.05) is 58.7 Å². The van der Waals surface area contributed by atoms with Crippen LogP contribution in [0.3, 0.4) is 0 Å². The molecule has 40 heavy (non-hydrogen) atoms. The Labute approximate surface area is 243 Å². The van der Waals surface area contributed by atoms with Gasteiger partial charge in [-0.25, -0.2) is 16.8 Å². The average molecular weight is 643 g/mol. The number of halogens is 1. The van der Waals surface area contributed by atoms with Crippen LogP contribution in [-0.4, -0.2) is 29.3 Å². The lowest BCUT2D eigenvalue weighted by Crippen LogP contribution is -2.38. The van der Waals surface area contributed by atoms with Crippen LogP contribution in [0.25, 0.3) is 0 Å². The van der Waals surface area contributed by atoms with E-state index in [0.717, 1.165) is 19.9 Å². The normalized spacial score (nSPS) is 11.6. The van der Waals surface area contributed by atoms with E-state index in [4.69, 9.17) is 0 Å². The monoisotopic (exact) mass is 641 g/mol. The maximum absolute atomic E-state index is 13.7. The minimum Gasteiger partial charge on any atom is -0.325 e. The maximum atomic E-state index is 13.7. The van der Waals surface area contributed by atoms with Crippen molar-refractivity contribution in [2.45, 2.75) is 30.1 Å². The molecule has 0 atom stereocenters. The molecular weight excluding hydrogens is 614 g/mol. The van der Waals surface area contributed by atoms with Gasteiger partial charge >= 0.3 is 0 Å². The number of amides is 1. The summed E-state index contributed by atoms with van der Waals surface area (Å²) < 4.78 is 57.3. The van der Waals surface area contributed by atoms with E-state index in [1.54, 1.807) is 48.5 Å². The first-order chi connectivity index (χ1) is 19.0. The molecule has 0 unspecified atom stereocenters. The van der Waals surface area contributed by atoms with Crippen molar-refractivity contribution in [3.8, 4) is 0 Å². The van der Waals surface area contributed by atoms with Crippen LogP contribution in [-0.2, 0) is 31.3 Å². The summed E-state index contributed by atoms with van der Waals surface area (Å²) in [4.78, 5) is 13.2. The Kier molecular flexibility index (Phi) is 8.97. The summed E-state index contributed by atoms with van der Waals surface area (Å²) in [5.41, 5.74) is 2.83. The SMILES string of the molecule is CCc1ccccc1N(CC(=O)Nc1ccc(S(=O)(=O)Nc2ccc(Br)cc2)cc1)S(=O)(=O)c1ccc(C)cc1. The van der Waals surface area contributed by atoms with Crippen LogP contribution in [0.1, 0.15) is 18.1 Å². The number of para-hydroxylation sites is 1. The van der Waals surface area contributed by atoms with Crippen molar-refractivity contribution in [3.63, 3.8) is 0 Å². The number of aryl methyl sites for hydroxylation is 2. The molecule has 4 rings (SSSR count). The van der Waals surface area contributed by atoms with Crippen LogP contribution in [0, 0.1) is 6.92 Å². The van der Waals surface area contributed by atoms with Gasteiger partial charge in [-0.05, 0) is 85.6 Å². The molecule has 0 saturated carbocycles. The third kappa shape index (κ3) is 6.90. The zero-order chi connectivity index (χ0) is 28.9. The van der Waals surface area contributed by atoms with Crippen LogP contribution >= 0.6 is 15.9 Å². The van der Waals surface area contributed by atoms with Crippen LogP contribution in [0.5, 0.6) is 0 Å². The number of anilines is 3. The Morgan fingerprint density at radius 2 is 1.35 bits per heavy atom. The van der Waals surface area contributed by atoms with E-state index in [-0.39, 0.29) is 9.79 Å². The summed E-state index contributed by atoms with van der Waals surface area (Å²) in [7, 11) is -7.92. The predicted molar refractivity (Wildman–Crippen MR) is 162 cm³/mol. The first-order valence-corrected chi connectivity index (χ1v) is 16.1. The fourth-order valence-corrected chi connectivity index (χ4v) is 6.75. The fourth-order valence-electron chi connectivity index (χ4n) is 3.97. The molecule has 0 spiro atoms. The molecule has 0 heterocycles. The molecule has 0 radical (unpaired) electrons. The van der Waals surface area contributed by atoms with Gasteiger partial charge in [-0.15, -0.1) is 0 Å². The van der Waals surface area contributed by atoms with Crippen molar-refractivity contribution in [1.82, 2.24) is 0 Å². The summed E-state index contributed by atoms with van der Waals surface area (Å²) in [5.74, 6) is -0.579. The molecule has 208 valence electrons. The lowest BCUT2D eigenvalue weighted by molar-refractivity contribution is -0.114. The molecule has 1 amide bonds. The Hall–Kier alpha value is -3.67. The number of rotatable bonds is 10. The lowest BCUT2D eigenvalue weighted by Gasteiger charge is -2.26. The molecule has 11 heteroatoms. The highest BCUT2D eigenvalue weighted by Crippen LogP contribution is 2.28. The first kappa shape index (κ1) is 29.3. The number of nitrogens with zero attached hydrogens (tertiary/aromatic N) is 1. The summed E-state index contributed by atoms with van der Waals surface area (Å²) >= 11 is 3.31. The molecule has 0 saturated heterocycles. The summed E-state index contributed by atoms with van der Waals surface area (Å²) in [6.45, 7) is 3.30. The Balaban J connectivity index is 1.55. The number of hydrogen-bond acceptors (Lipinski definition) is 5. The predicted octanol–water partition coefficient (Wildman–Crippen LogP) is 5.95. The minimum absolute atomic E-state index is 0.00821. The Bertz CT molecular complexity index is 1710. The Morgan fingerprint density at radius 1 is 0.775 bits per heavy atom. The van der Waals surface area contributed by atoms with Gasteiger partial charge in [0.15, 0.2) is 0 Å². The molecule has 8 nitrogen and oxygen atoms in total. The zero-order valence-electron chi connectivity index (χ0n) is 21.8. The van der Waals surface area contributed by atoms with Gasteiger partial charge in [-0.3, -0.25) is 13.8 Å². The molecule has 0 aliphatic heterocycles. The Morgan fingerprint density at radius 3 is 1.98 bits per heavy atom. The molecule has 4 aromatic carbocycles. The van der Waals surface area contributed by atoms with Crippen LogP contribution < -0.4 is 14.3 Å². The number of sulfonamides is 2. The van der Waals surface area contributed by atoms with Crippen molar-refractivity contribution >= 4 is 58.9 Å². The van der Waals surface area contributed by atoms with Crippen molar-refractivity contribution < 1.29 is 21.6 Å². The van der Waals surface area contributed by atoms with Crippen LogP contribution in [0.15, 0.2) is 111 Å². The number of nitrogens with one attached hydrogen (secondary N) is 2. The van der Waals surface area contributed by atoms with Gasteiger partial charge in [0.2, 0.25) is 5.91 Å². The smallest absolute Gasteiger partial charge is 0.264 e. The van der Waals surface area contributed by atoms with E-state index in [1.807, 2.05) is 26.0 Å². The van der Waals surface area contributed by atoms with Crippen molar-refractivity contribution in [2.75, 3.05) is 20.9 Å². The number of hydrogen-bond donors (Lipinski definition) is 2. The summed E-state index contributed by atoms with van der Waals surface area (Å²) in [6.07, 6.45) is 0.571. The molecule has 0 aliphatic rings. The topological polar surface area (TPSA) is 113 Å². The summed E-state index contributed by atoms with van der Waals surface area (Å²) in [6, 6.07) is 25.8. The molecule has 4 aromatic rings. The van der Waals surface area contributed by atoms with Gasteiger partial charge in [0.1, 0.15) is 6.54 Å². The second-order valence-electron chi connectivity index (χ2n) is 8.99. The second kappa shape index (κ2) is 12.2. The molecule has 0 bridgehead atoms. The molecule has 0 aliphatic carbocycles. The molecule has 0 aromatic heterocycles. The minimum atomic E-state index is -4.07. The third-order valence-electron chi connectivity index (χ3n) is 6.08. The molecular formula is C29H28BrN3O5S2. The van der Waals surface area contributed by atoms with Crippen molar-refractivity contribution in [3.05, 3.63) is 113 Å². The first-order valence-electron chi connectivity index (χ1n) is 12.4. The van der Waals surface area contributed by atoms with E-state index in [2.05, 4.69) is 26.0 Å². The highest BCUT2D eigenvalue weighted by molar-refractivity contribution is 9.10. The number of benzene rings is 4. The standard InChI is InChI=1S/C29H28BrN3O5S2/c1-3-22-6-4-5-7-28(22)33(40(37,38)27-16-8-21(2)9-17-27)20-29(34)31-24-14-18-26(19-15-24)39(35,36)32-25-12-10-23(30)11-13-25/h4-19,32H,3,20H2,1-2H3,(H,31,34). The van der Waals surface area contributed by atoms with E-state index in [9.17, 15) is 21.6 Å². The summed E-state index contributed by atoms with van der Waals surface area (Å²) in [5, 5.41) is 2.68. The zero-order valence-corrected chi connectivity index (χ0v) is 25.1. The van der Waals surface area contributed by atoms with E-state index < -0.39 is 32.5 Å². The van der Waals surface area contributed by atoms with Crippen molar-refractivity contribution in [1.29, 1.82) is 0 Å². The third-order valence-corrected chi connectivity index (χ3v) is 9.78. The van der Waals surface area contributed by atoms with Gasteiger partial charge in [0.25, 0.3) is 20.0 Å². The van der Waals surface area contributed by atoms with Gasteiger partial charge in [0.05, 0.1) is 15.5 Å². The van der Waals surface area contributed by atoms with Crippen molar-refractivity contribution in [2.24, 2.45) is 0 Å². The average Bonchev–Trinajstić information content (AvgIpc) is 2.93. The number of carbonyl (C=O) groups excluding carboxylic acids is 1. The van der Waals surface area contributed by atoms with Gasteiger partial charge < -0.3 is 5.32 Å². The highest BCUT2D eigenvalue weighted by atomic mass is 79.9. The van der Waals surface area contributed by atoms with Crippen LogP contribution in [0.2, 0.25) is 0 Å². The van der Waals surface area contributed by atoms with E-state index >= 15 is 0 Å². The van der Waals surface area contributed by atoms with Gasteiger partial charge in [-0.2, -0.15) is 0 Å². The number of carbonyl (C=O) groups is 1. The van der Waals surface area contributed by atoms with Crippen LogP contribution in [0.4, 0.5) is 17.1 Å². The van der Waals surface area contributed by atoms with E-state index in [1.165, 1.54) is 36.4 Å². The highest BCUT2D eigenvalue weighted by Gasteiger charge is 2.28. The molecule has 2 N–H and O–H groups in total. The van der Waals surface area contributed by atoms with E-state index in [0.29, 0.717) is 23.5 Å².